The second-order valence-corrected chi connectivity index (χ2v) is 7.01. The fourth-order valence-electron chi connectivity index (χ4n) is 2.03. The lowest BCUT2D eigenvalue weighted by atomic mass is 10.2. The predicted octanol–water partition coefficient (Wildman–Crippen LogP) is 1.29. The van der Waals surface area contributed by atoms with E-state index in [0.29, 0.717) is 31.1 Å². The molecule has 19 heavy (non-hydrogen) atoms. The van der Waals surface area contributed by atoms with Gasteiger partial charge in [0.15, 0.2) is 9.84 Å². The lowest BCUT2D eigenvalue weighted by molar-refractivity contribution is 0.319. The average molecular weight is 284 g/mol. The van der Waals surface area contributed by atoms with E-state index in [2.05, 4.69) is 4.90 Å². The molecule has 1 aromatic carbocycles. The molecule has 0 saturated carbocycles. The molecule has 0 amide bonds. The zero-order valence-corrected chi connectivity index (χ0v) is 11.9. The minimum atomic E-state index is -2.85. The summed E-state index contributed by atoms with van der Waals surface area (Å²) in [6, 6.07) is 5.61. The molecule has 1 fully saturated rings. The lowest BCUT2D eigenvalue weighted by Gasteiger charge is -2.29. The smallest absolute Gasteiger partial charge is 0.153 e. The maximum absolute atomic E-state index is 11.4. The number of nitrogens with two attached hydrogens (primary N) is 1. The summed E-state index contributed by atoms with van der Waals surface area (Å²) in [6.07, 6.45) is 0.922. The van der Waals surface area contributed by atoms with E-state index in [1.54, 1.807) is 0 Å². The topological polar surface area (TPSA) is 72.6 Å². The molecule has 0 spiro atoms. The molecule has 0 aromatic heterocycles. The molecule has 1 heterocycles. The van der Waals surface area contributed by atoms with Crippen molar-refractivity contribution in [1.29, 1.82) is 0 Å². The van der Waals surface area contributed by atoms with Gasteiger partial charge in [0.1, 0.15) is 5.75 Å². The van der Waals surface area contributed by atoms with Crippen LogP contribution >= 0.6 is 0 Å². The van der Waals surface area contributed by atoms with E-state index in [4.69, 9.17) is 10.5 Å². The Balaban J connectivity index is 2.12. The molecule has 0 unspecified atom stereocenters. The van der Waals surface area contributed by atoms with Crippen molar-refractivity contribution in [2.45, 2.75) is 13.3 Å². The maximum atomic E-state index is 11.4. The van der Waals surface area contributed by atoms with Crippen LogP contribution < -0.4 is 15.4 Å². The van der Waals surface area contributed by atoms with Gasteiger partial charge in [0, 0.05) is 24.8 Å². The first-order chi connectivity index (χ1) is 9.02. The van der Waals surface area contributed by atoms with Gasteiger partial charge in [-0.25, -0.2) is 8.42 Å². The second kappa shape index (κ2) is 5.69. The van der Waals surface area contributed by atoms with Crippen LogP contribution in [0.4, 0.5) is 11.4 Å². The molecule has 1 aromatic rings. The molecule has 5 nitrogen and oxygen atoms in total. The largest absolute Gasteiger partial charge is 0.491 e. The first kappa shape index (κ1) is 14.0. The average Bonchev–Trinajstić information content (AvgIpc) is 2.38. The highest BCUT2D eigenvalue weighted by Crippen LogP contribution is 2.28. The molecular weight excluding hydrogens is 264 g/mol. The Bertz CT molecular complexity index is 529. The Morgan fingerprint density at radius 2 is 2.00 bits per heavy atom. The molecule has 2 rings (SSSR count). The monoisotopic (exact) mass is 284 g/mol. The highest BCUT2D eigenvalue weighted by Gasteiger charge is 2.22. The number of ether oxygens (including phenoxy) is 1. The van der Waals surface area contributed by atoms with Crippen LogP contribution in [0.25, 0.3) is 0 Å². The molecule has 0 radical (unpaired) electrons. The third-order valence-corrected chi connectivity index (χ3v) is 4.78. The fraction of sp³-hybridized carbons (Fsp3) is 0.538. The van der Waals surface area contributed by atoms with E-state index in [9.17, 15) is 8.42 Å². The number of nitrogen functional groups attached to an aromatic ring is 1. The van der Waals surface area contributed by atoms with Crippen molar-refractivity contribution in [2.24, 2.45) is 0 Å². The van der Waals surface area contributed by atoms with Gasteiger partial charge in [0.2, 0.25) is 0 Å². The Kier molecular flexibility index (Phi) is 4.19. The number of anilines is 2. The van der Waals surface area contributed by atoms with Crippen LogP contribution in [0.1, 0.15) is 13.3 Å². The highest BCUT2D eigenvalue weighted by atomic mass is 32.2. The summed E-state index contributed by atoms with van der Waals surface area (Å²) in [5, 5.41) is 0. The third-order valence-electron chi connectivity index (χ3n) is 3.17. The normalized spacial score (nSPS) is 18.3. The maximum Gasteiger partial charge on any atom is 0.153 e. The summed E-state index contributed by atoms with van der Waals surface area (Å²) in [7, 11) is -2.85. The van der Waals surface area contributed by atoms with Crippen molar-refractivity contribution in [3.63, 3.8) is 0 Å². The van der Waals surface area contributed by atoms with Crippen LogP contribution in [0.3, 0.4) is 0 Å². The van der Waals surface area contributed by atoms with Crippen molar-refractivity contribution in [2.75, 3.05) is 41.8 Å². The van der Waals surface area contributed by atoms with E-state index in [-0.39, 0.29) is 11.5 Å². The van der Waals surface area contributed by atoms with Crippen molar-refractivity contribution < 1.29 is 13.2 Å². The SMILES string of the molecule is CCCOc1cc(N2CCS(=O)(=O)CC2)ccc1N. The van der Waals surface area contributed by atoms with Gasteiger partial charge in [-0.15, -0.1) is 0 Å². The van der Waals surface area contributed by atoms with Gasteiger partial charge >= 0.3 is 0 Å². The number of sulfone groups is 1. The summed E-state index contributed by atoms with van der Waals surface area (Å²) in [4.78, 5) is 2.05. The van der Waals surface area contributed by atoms with Gasteiger partial charge in [0.05, 0.1) is 23.8 Å². The van der Waals surface area contributed by atoms with E-state index in [1.165, 1.54) is 0 Å². The second-order valence-electron chi connectivity index (χ2n) is 4.71. The molecule has 1 saturated heterocycles. The molecule has 0 aliphatic carbocycles. The van der Waals surface area contributed by atoms with E-state index in [0.717, 1.165) is 12.1 Å². The fourth-order valence-corrected chi connectivity index (χ4v) is 3.23. The Labute approximate surface area is 114 Å². The van der Waals surface area contributed by atoms with Crippen LogP contribution in [0, 0.1) is 0 Å². The molecule has 0 atom stereocenters. The third kappa shape index (κ3) is 3.53. The van der Waals surface area contributed by atoms with Crippen LogP contribution in [-0.2, 0) is 9.84 Å². The Hall–Kier alpha value is -1.43. The predicted molar refractivity (Wildman–Crippen MR) is 77.5 cm³/mol. The van der Waals surface area contributed by atoms with Gasteiger partial charge < -0.3 is 15.4 Å². The van der Waals surface area contributed by atoms with Crippen LogP contribution in [0.5, 0.6) is 5.75 Å². The minimum absolute atomic E-state index is 0.211. The standard InChI is InChI=1S/C13H20N2O3S/c1-2-7-18-13-10-11(3-4-12(13)14)15-5-8-19(16,17)9-6-15/h3-4,10H,2,5-9,14H2,1H3. The zero-order chi connectivity index (χ0) is 13.9. The Morgan fingerprint density at radius 1 is 1.32 bits per heavy atom. The van der Waals surface area contributed by atoms with E-state index >= 15 is 0 Å². The lowest BCUT2D eigenvalue weighted by Crippen LogP contribution is -2.40. The van der Waals surface area contributed by atoms with Crippen molar-refractivity contribution in [3.8, 4) is 5.75 Å². The summed E-state index contributed by atoms with van der Waals surface area (Å²) in [5.74, 6) is 1.10. The van der Waals surface area contributed by atoms with Crippen molar-refractivity contribution in [1.82, 2.24) is 0 Å². The number of hydrogen-bond acceptors (Lipinski definition) is 5. The van der Waals surface area contributed by atoms with Crippen LogP contribution in [-0.4, -0.2) is 39.6 Å². The quantitative estimate of drug-likeness (QED) is 0.844. The van der Waals surface area contributed by atoms with Crippen LogP contribution in [0.15, 0.2) is 18.2 Å². The molecular formula is C13H20N2O3S. The number of hydrogen-bond donors (Lipinski definition) is 1. The molecule has 1 aliphatic heterocycles. The first-order valence-corrected chi connectivity index (χ1v) is 8.31. The molecule has 2 N–H and O–H groups in total. The molecule has 106 valence electrons. The summed E-state index contributed by atoms with van der Waals surface area (Å²) >= 11 is 0. The zero-order valence-electron chi connectivity index (χ0n) is 11.1. The van der Waals surface area contributed by atoms with Gasteiger partial charge in [-0.3, -0.25) is 0 Å². The Morgan fingerprint density at radius 3 is 2.63 bits per heavy atom. The van der Waals surface area contributed by atoms with E-state index < -0.39 is 9.84 Å². The van der Waals surface area contributed by atoms with Crippen molar-refractivity contribution >= 4 is 21.2 Å². The molecule has 0 bridgehead atoms. The van der Waals surface area contributed by atoms with Crippen LogP contribution in [0.2, 0.25) is 0 Å². The van der Waals surface area contributed by atoms with E-state index in [1.807, 2.05) is 25.1 Å². The van der Waals surface area contributed by atoms with Gasteiger partial charge in [0.25, 0.3) is 0 Å². The molecule has 1 aliphatic rings. The van der Waals surface area contributed by atoms with Gasteiger partial charge in [-0.2, -0.15) is 0 Å². The minimum Gasteiger partial charge on any atom is -0.491 e. The molecule has 6 heteroatoms. The summed E-state index contributed by atoms with van der Waals surface area (Å²) in [5.41, 5.74) is 7.44. The summed E-state index contributed by atoms with van der Waals surface area (Å²) in [6.45, 7) is 3.72. The van der Waals surface area contributed by atoms with Crippen molar-refractivity contribution in [3.05, 3.63) is 18.2 Å². The first-order valence-electron chi connectivity index (χ1n) is 6.49. The number of nitrogens with zero attached hydrogens (tertiary/aromatic N) is 1. The highest BCUT2D eigenvalue weighted by molar-refractivity contribution is 7.91. The van der Waals surface area contributed by atoms with Gasteiger partial charge in [-0.05, 0) is 18.6 Å². The number of benzene rings is 1. The number of rotatable bonds is 4. The summed E-state index contributed by atoms with van der Waals surface area (Å²) < 4.78 is 28.4. The van der Waals surface area contributed by atoms with Gasteiger partial charge in [-0.1, -0.05) is 6.92 Å².